The van der Waals surface area contributed by atoms with Crippen molar-refractivity contribution in [2.45, 2.75) is 44.6 Å². The van der Waals surface area contributed by atoms with Crippen molar-refractivity contribution in [2.75, 3.05) is 5.32 Å². The lowest BCUT2D eigenvalue weighted by molar-refractivity contribution is -0.125. The number of aliphatic hydroxyl groups is 1. The first-order valence-corrected chi connectivity index (χ1v) is 6.79. The van der Waals surface area contributed by atoms with E-state index in [0.717, 1.165) is 18.5 Å². The SMILES string of the molecule is O=C(Nc1ccccc1)[C@H](O)CC1CCCCC1. The normalized spacial score (nSPS) is 18.3. The van der Waals surface area contributed by atoms with Gasteiger partial charge in [0.05, 0.1) is 0 Å². The van der Waals surface area contributed by atoms with Crippen LogP contribution >= 0.6 is 0 Å². The van der Waals surface area contributed by atoms with Crippen LogP contribution in [0.3, 0.4) is 0 Å². The summed E-state index contributed by atoms with van der Waals surface area (Å²) in [5, 5.41) is 12.7. The Labute approximate surface area is 108 Å². The molecule has 0 unspecified atom stereocenters. The number of anilines is 1. The van der Waals surface area contributed by atoms with E-state index in [1.165, 1.54) is 19.3 Å². The zero-order chi connectivity index (χ0) is 12.8. The van der Waals surface area contributed by atoms with Gasteiger partial charge in [0.15, 0.2) is 0 Å². The highest BCUT2D eigenvalue weighted by molar-refractivity contribution is 5.93. The van der Waals surface area contributed by atoms with Crippen molar-refractivity contribution < 1.29 is 9.90 Å². The summed E-state index contributed by atoms with van der Waals surface area (Å²) in [6.45, 7) is 0. The number of hydrogen-bond acceptors (Lipinski definition) is 2. The maximum atomic E-state index is 11.8. The molecule has 1 amide bonds. The van der Waals surface area contributed by atoms with E-state index in [2.05, 4.69) is 5.32 Å². The number of para-hydroxylation sites is 1. The first-order chi connectivity index (χ1) is 8.75. The third-order valence-corrected chi connectivity index (χ3v) is 3.63. The molecule has 1 saturated carbocycles. The van der Waals surface area contributed by atoms with Gasteiger partial charge in [0, 0.05) is 5.69 Å². The van der Waals surface area contributed by atoms with E-state index < -0.39 is 6.10 Å². The van der Waals surface area contributed by atoms with E-state index in [-0.39, 0.29) is 5.91 Å². The molecular weight excluding hydrogens is 226 g/mol. The van der Waals surface area contributed by atoms with Gasteiger partial charge in [-0.05, 0) is 24.5 Å². The minimum atomic E-state index is -0.881. The molecule has 3 heteroatoms. The van der Waals surface area contributed by atoms with Gasteiger partial charge < -0.3 is 10.4 Å². The van der Waals surface area contributed by atoms with Crippen molar-refractivity contribution in [1.29, 1.82) is 0 Å². The molecule has 0 saturated heterocycles. The lowest BCUT2D eigenvalue weighted by Gasteiger charge is -2.23. The lowest BCUT2D eigenvalue weighted by Crippen LogP contribution is -2.30. The fraction of sp³-hybridized carbons (Fsp3) is 0.533. The van der Waals surface area contributed by atoms with Crippen LogP contribution in [0, 0.1) is 5.92 Å². The largest absolute Gasteiger partial charge is 0.383 e. The van der Waals surface area contributed by atoms with E-state index in [0.29, 0.717) is 12.3 Å². The third-order valence-electron chi connectivity index (χ3n) is 3.63. The Kier molecular flexibility index (Phi) is 4.76. The number of carbonyl (C=O) groups is 1. The van der Waals surface area contributed by atoms with Crippen LogP contribution in [0.4, 0.5) is 5.69 Å². The Morgan fingerprint density at radius 2 is 1.89 bits per heavy atom. The number of carbonyl (C=O) groups excluding carboxylic acids is 1. The second-order valence-electron chi connectivity index (χ2n) is 5.11. The van der Waals surface area contributed by atoms with Gasteiger partial charge in [-0.2, -0.15) is 0 Å². The topological polar surface area (TPSA) is 49.3 Å². The molecule has 1 aromatic rings. The molecule has 0 bridgehead atoms. The summed E-state index contributed by atoms with van der Waals surface area (Å²) in [6.07, 6.45) is 5.77. The van der Waals surface area contributed by atoms with E-state index in [1.807, 2.05) is 30.3 Å². The van der Waals surface area contributed by atoms with Crippen molar-refractivity contribution in [3.05, 3.63) is 30.3 Å². The van der Waals surface area contributed by atoms with Gasteiger partial charge in [-0.3, -0.25) is 4.79 Å². The zero-order valence-electron chi connectivity index (χ0n) is 10.6. The standard InChI is InChI=1S/C15H21NO2/c17-14(11-12-7-3-1-4-8-12)15(18)16-13-9-5-2-6-10-13/h2,5-6,9-10,12,14,17H,1,3-4,7-8,11H2,(H,16,18)/t14-/m1/s1. The number of rotatable bonds is 4. The molecule has 0 aromatic heterocycles. The molecule has 1 aromatic carbocycles. The zero-order valence-corrected chi connectivity index (χ0v) is 10.6. The number of hydrogen-bond donors (Lipinski definition) is 2. The molecule has 1 fully saturated rings. The minimum Gasteiger partial charge on any atom is -0.383 e. The molecule has 18 heavy (non-hydrogen) atoms. The summed E-state index contributed by atoms with van der Waals surface area (Å²) < 4.78 is 0. The van der Waals surface area contributed by atoms with Crippen LogP contribution in [0.5, 0.6) is 0 Å². The van der Waals surface area contributed by atoms with Crippen LogP contribution in [0.15, 0.2) is 30.3 Å². The molecular formula is C15H21NO2. The van der Waals surface area contributed by atoms with Crippen LogP contribution in [0.2, 0.25) is 0 Å². The molecule has 0 heterocycles. The highest BCUT2D eigenvalue weighted by atomic mass is 16.3. The Morgan fingerprint density at radius 1 is 1.22 bits per heavy atom. The predicted molar refractivity (Wildman–Crippen MR) is 72.3 cm³/mol. The third kappa shape index (κ3) is 3.84. The van der Waals surface area contributed by atoms with Crippen molar-refractivity contribution in [2.24, 2.45) is 5.92 Å². The second kappa shape index (κ2) is 6.55. The quantitative estimate of drug-likeness (QED) is 0.859. The molecule has 1 aliphatic carbocycles. The average molecular weight is 247 g/mol. The molecule has 3 nitrogen and oxygen atoms in total. The van der Waals surface area contributed by atoms with Gasteiger partial charge in [0.1, 0.15) is 6.10 Å². The van der Waals surface area contributed by atoms with Crippen molar-refractivity contribution in [3.8, 4) is 0 Å². The van der Waals surface area contributed by atoms with Crippen LogP contribution in [-0.4, -0.2) is 17.1 Å². The van der Waals surface area contributed by atoms with Crippen molar-refractivity contribution in [1.82, 2.24) is 0 Å². The van der Waals surface area contributed by atoms with E-state index >= 15 is 0 Å². The van der Waals surface area contributed by atoms with E-state index in [1.54, 1.807) is 0 Å². The fourth-order valence-electron chi connectivity index (χ4n) is 2.59. The van der Waals surface area contributed by atoms with Gasteiger partial charge in [-0.25, -0.2) is 0 Å². The van der Waals surface area contributed by atoms with Crippen molar-refractivity contribution >= 4 is 11.6 Å². The minimum absolute atomic E-state index is 0.285. The van der Waals surface area contributed by atoms with Crippen LogP contribution in [0.1, 0.15) is 38.5 Å². The smallest absolute Gasteiger partial charge is 0.253 e. The monoisotopic (exact) mass is 247 g/mol. The van der Waals surface area contributed by atoms with Gasteiger partial charge in [-0.1, -0.05) is 50.3 Å². The summed E-state index contributed by atoms with van der Waals surface area (Å²) in [5.41, 5.74) is 0.741. The maximum absolute atomic E-state index is 11.8. The van der Waals surface area contributed by atoms with Crippen LogP contribution in [0.25, 0.3) is 0 Å². The lowest BCUT2D eigenvalue weighted by atomic mass is 9.85. The number of aliphatic hydroxyl groups excluding tert-OH is 1. The average Bonchev–Trinajstić information content (AvgIpc) is 2.41. The summed E-state index contributed by atoms with van der Waals surface area (Å²) in [7, 11) is 0. The summed E-state index contributed by atoms with van der Waals surface area (Å²) >= 11 is 0. The fourth-order valence-corrected chi connectivity index (χ4v) is 2.59. The van der Waals surface area contributed by atoms with Crippen LogP contribution < -0.4 is 5.32 Å². The molecule has 1 aliphatic rings. The molecule has 1 atom stereocenters. The molecule has 0 spiro atoms. The number of benzene rings is 1. The molecule has 0 radical (unpaired) electrons. The highest BCUT2D eigenvalue weighted by Gasteiger charge is 2.22. The van der Waals surface area contributed by atoms with Crippen LogP contribution in [-0.2, 0) is 4.79 Å². The van der Waals surface area contributed by atoms with Gasteiger partial charge >= 0.3 is 0 Å². The first kappa shape index (κ1) is 13.1. The first-order valence-electron chi connectivity index (χ1n) is 6.79. The molecule has 98 valence electrons. The Bertz CT molecular complexity index is 371. The Hall–Kier alpha value is -1.35. The van der Waals surface area contributed by atoms with Gasteiger partial charge in [0.2, 0.25) is 0 Å². The van der Waals surface area contributed by atoms with Crippen molar-refractivity contribution in [3.63, 3.8) is 0 Å². The maximum Gasteiger partial charge on any atom is 0.253 e. The van der Waals surface area contributed by atoms with Gasteiger partial charge in [0.25, 0.3) is 5.91 Å². The summed E-state index contributed by atoms with van der Waals surface area (Å²) in [6, 6.07) is 9.27. The summed E-state index contributed by atoms with van der Waals surface area (Å²) in [4.78, 5) is 11.8. The number of nitrogens with one attached hydrogen (secondary N) is 1. The highest BCUT2D eigenvalue weighted by Crippen LogP contribution is 2.27. The van der Waals surface area contributed by atoms with E-state index in [9.17, 15) is 9.90 Å². The predicted octanol–water partition coefficient (Wildman–Crippen LogP) is 2.96. The molecule has 2 rings (SSSR count). The second-order valence-corrected chi connectivity index (χ2v) is 5.11. The molecule has 0 aliphatic heterocycles. The molecule has 2 N–H and O–H groups in total. The number of amides is 1. The van der Waals surface area contributed by atoms with Gasteiger partial charge in [-0.15, -0.1) is 0 Å². The Balaban J connectivity index is 1.81. The Morgan fingerprint density at radius 3 is 2.56 bits per heavy atom. The summed E-state index contributed by atoms with van der Waals surface area (Å²) in [5.74, 6) is 0.224. The van der Waals surface area contributed by atoms with E-state index in [4.69, 9.17) is 0 Å².